The van der Waals surface area contributed by atoms with E-state index in [1.165, 1.54) is 4.90 Å². The van der Waals surface area contributed by atoms with Gasteiger partial charge in [-0.2, -0.15) is 0 Å². The number of hydrogen-bond donors (Lipinski definition) is 2. The van der Waals surface area contributed by atoms with E-state index in [1.807, 2.05) is 0 Å². The van der Waals surface area contributed by atoms with Gasteiger partial charge < -0.3 is 15.3 Å². The van der Waals surface area contributed by atoms with E-state index < -0.39 is 77.1 Å². The van der Waals surface area contributed by atoms with Crippen LogP contribution in [0.3, 0.4) is 0 Å². The Labute approximate surface area is 314 Å². The van der Waals surface area contributed by atoms with E-state index in [0.29, 0.717) is 0 Å². The summed E-state index contributed by atoms with van der Waals surface area (Å²) in [5.74, 6) is -7.35. The predicted molar refractivity (Wildman–Crippen MR) is 185 cm³/mol. The molecule has 4 aliphatic rings. The van der Waals surface area contributed by atoms with Crippen molar-refractivity contribution < 1.29 is 62.6 Å². The van der Waals surface area contributed by atoms with E-state index in [4.69, 9.17) is 5.11 Å². The maximum absolute atomic E-state index is 13.0. The van der Waals surface area contributed by atoms with Crippen LogP contribution in [-0.4, -0.2) is 145 Å². The predicted octanol–water partition coefficient (Wildman–Crippen LogP) is -1.47. The summed E-state index contributed by atoms with van der Waals surface area (Å²) in [6, 6.07) is -1.93. The van der Waals surface area contributed by atoms with Gasteiger partial charge in [-0.1, -0.05) is 0 Å². The number of carbonyl (C=O) groups is 12. The molecule has 2 atom stereocenters. The number of carboxylic acid groups (broad SMARTS) is 1. The monoisotopic (exact) mass is 764 g/mol. The summed E-state index contributed by atoms with van der Waals surface area (Å²) in [7, 11) is 0. The Morgan fingerprint density at radius 2 is 0.982 bits per heavy atom. The molecule has 10 amide bonds. The summed E-state index contributed by atoms with van der Waals surface area (Å²) in [6.45, 7) is -0.592. The van der Waals surface area contributed by atoms with Gasteiger partial charge >= 0.3 is 5.97 Å². The molecule has 0 spiro atoms. The fourth-order valence-electron chi connectivity index (χ4n) is 6.34. The molecule has 0 aromatic carbocycles. The molecule has 2 N–H and O–H groups in total. The smallest absolute Gasteiger partial charge is 0.303 e. The lowest BCUT2D eigenvalue weighted by Crippen LogP contribution is -2.49. The van der Waals surface area contributed by atoms with Crippen LogP contribution in [0, 0.1) is 0 Å². The van der Waals surface area contributed by atoms with Crippen LogP contribution in [0.1, 0.15) is 57.8 Å². The number of imide groups is 4. The average molecular weight is 765 g/mol. The highest BCUT2D eigenvalue weighted by Crippen LogP contribution is 2.20. The van der Waals surface area contributed by atoms with Gasteiger partial charge in [0.25, 0.3) is 47.3 Å². The van der Waals surface area contributed by atoms with Crippen molar-refractivity contribution in [2.45, 2.75) is 69.9 Å². The Bertz CT molecular complexity index is 1610. The molecule has 0 saturated carbocycles. The highest BCUT2D eigenvalue weighted by molar-refractivity contribution is 6.15. The minimum Gasteiger partial charge on any atom is -0.481 e. The van der Waals surface area contributed by atoms with Crippen LogP contribution in [-0.2, 0) is 57.5 Å². The van der Waals surface area contributed by atoms with Crippen molar-refractivity contribution in [2.24, 2.45) is 0 Å². The molecule has 0 aromatic rings. The molecule has 0 bridgehead atoms. The second kappa shape index (κ2) is 19.1. The Balaban J connectivity index is 1.28. The minimum atomic E-state index is -1.08. The Hall–Kier alpha value is -6.40. The Morgan fingerprint density at radius 1 is 0.545 bits per heavy atom. The first-order valence-corrected chi connectivity index (χ1v) is 17.6. The van der Waals surface area contributed by atoms with Crippen LogP contribution >= 0.6 is 0 Å². The number of nitrogens with zero attached hydrogens (tertiary/aromatic N) is 5. The van der Waals surface area contributed by atoms with Gasteiger partial charge in [0.1, 0.15) is 5.78 Å². The maximum atomic E-state index is 13.0. The lowest BCUT2D eigenvalue weighted by molar-refractivity contribution is -0.145. The van der Waals surface area contributed by atoms with Crippen molar-refractivity contribution in [2.75, 3.05) is 32.7 Å². The molecule has 4 heterocycles. The van der Waals surface area contributed by atoms with Gasteiger partial charge in [0.05, 0.1) is 25.2 Å². The maximum Gasteiger partial charge on any atom is 0.303 e. The third kappa shape index (κ3) is 11.3. The zero-order valence-electron chi connectivity index (χ0n) is 29.8. The molecule has 4 rings (SSSR count). The number of rotatable bonds is 23. The third-order valence-corrected chi connectivity index (χ3v) is 9.19. The average Bonchev–Trinajstić information content (AvgIpc) is 3.85. The van der Waals surface area contributed by atoms with Gasteiger partial charge in [-0.05, 0) is 25.7 Å². The molecule has 0 aromatic heterocycles. The van der Waals surface area contributed by atoms with E-state index in [-0.39, 0.29) is 96.3 Å². The first-order chi connectivity index (χ1) is 26.2. The molecule has 4 aliphatic heterocycles. The molecule has 19 nitrogen and oxygen atoms in total. The highest BCUT2D eigenvalue weighted by atomic mass is 16.4. The number of carboxylic acids is 1. The second-order valence-corrected chi connectivity index (χ2v) is 13.0. The fourth-order valence-corrected chi connectivity index (χ4v) is 6.34. The van der Waals surface area contributed by atoms with Crippen molar-refractivity contribution in [3.63, 3.8) is 0 Å². The van der Waals surface area contributed by atoms with E-state index in [0.717, 1.165) is 68.2 Å². The first kappa shape index (κ1) is 41.4. The van der Waals surface area contributed by atoms with Crippen LogP contribution in [0.2, 0.25) is 0 Å². The fraction of sp³-hybridized carbons (Fsp3) is 0.444. The summed E-state index contributed by atoms with van der Waals surface area (Å²) < 4.78 is 0. The van der Waals surface area contributed by atoms with Gasteiger partial charge in [0, 0.05) is 100 Å². The zero-order valence-corrected chi connectivity index (χ0v) is 29.8. The molecule has 19 heteroatoms. The molecule has 2 unspecified atom stereocenters. The minimum absolute atomic E-state index is 0.00901. The van der Waals surface area contributed by atoms with Crippen molar-refractivity contribution >= 4 is 70.8 Å². The van der Waals surface area contributed by atoms with Gasteiger partial charge in [-0.25, -0.2) is 0 Å². The molecule has 292 valence electrons. The van der Waals surface area contributed by atoms with Gasteiger partial charge in [0.2, 0.25) is 11.8 Å². The summed E-state index contributed by atoms with van der Waals surface area (Å²) in [4.78, 5) is 153. The van der Waals surface area contributed by atoms with E-state index >= 15 is 0 Å². The lowest BCUT2D eigenvalue weighted by atomic mass is 10.0. The third-order valence-electron chi connectivity index (χ3n) is 9.19. The van der Waals surface area contributed by atoms with Gasteiger partial charge in [0.15, 0.2) is 0 Å². The quantitative estimate of drug-likeness (QED) is 0.113. The molecular weight excluding hydrogens is 724 g/mol. The van der Waals surface area contributed by atoms with E-state index in [9.17, 15) is 57.5 Å². The molecule has 0 radical (unpaired) electrons. The Morgan fingerprint density at radius 3 is 1.44 bits per heavy atom. The van der Waals surface area contributed by atoms with Crippen molar-refractivity contribution in [3.05, 3.63) is 48.6 Å². The molecular formula is C36H40N6O13. The number of carbonyl (C=O) groups excluding carboxylic acids is 11. The normalized spacial score (nSPS) is 17.5. The number of amides is 10. The van der Waals surface area contributed by atoms with E-state index in [1.54, 1.807) is 0 Å². The number of hydrogen-bond acceptors (Lipinski definition) is 12. The summed E-state index contributed by atoms with van der Waals surface area (Å²) >= 11 is 0. The Kier molecular flexibility index (Phi) is 14.3. The summed E-state index contributed by atoms with van der Waals surface area (Å²) in [6.07, 6.45) is 7.85. The summed E-state index contributed by atoms with van der Waals surface area (Å²) in [5, 5.41) is 11.6. The zero-order chi connectivity index (χ0) is 40.2. The van der Waals surface area contributed by atoms with Crippen molar-refractivity contribution in [1.29, 1.82) is 0 Å². The number of ketones is 1. The standard InChI is InChI=1S/C36H40N6O13/c43-25(8-6-23(41-32(50)14-15-33(41)51)21-39-28(46)10-11-29(39)47)3-2-19-38(27(45)4-1-5-36(54)55)20-18-37-26(44)9-7-24(42-34(52)16-17-35(42)53)22-40-30(48)12-13-31(40)49/h10-17,23-24H,1-9,18-22H2,(H,37,44)(H,54,55). The molecule has 0 fully saturated rings. The summed E-state index contributed by atoms with van der Waals surface area (Å²) in [5.41, 5.74) is 0. The van der Waals surface area contributed by atoms with Gasteiger partial charge in [-0.3, -0.25) is 77.1 Å². The number of nitrogens with one attached hydrogen (secondary N) is 1. The number of Topliss-reactive ketones (excluding diaryl/α,β-unsaturated/α-hetero) is 1. The van der Waals surface area contributed by atoms with Crippen LogP contribution < -0.4 is 5.32 Å². The largest absolute Gasteiger partial charge is 0.481 e. The second-order valence-electron chi connectivity index (χ2n) is 13.0. The molecule has 0 aliphatic carbocycles. The molecule has 55 heavy (non-hydrogen) atoms. The van der Waals surface area contributed by atoms with Crippen LogP contribution in [0.4, 0.5) is 0 Å². The van der Waals surface area contributed by atoms with Crippen LogP contribution in [0.15, 0.2) is 48.6 Å². The SMILES string of the molecule is O=C(O)CCCC(=O)N(CCCC(=O)CCC(CN1C(=O)C=CC1=O)N1C(=O)C=CC1=O)CCNC(=O)CCC(CN1C(=O)C=CC1=O)N1C(=O)C=CC1=O. The first-order valence-electron chi connectivity index (χ1n) is 17.6. The van der Waals surface area contributed by atoms with Crippen molar-refractivity contribution in [1.82, 2.24) is 29.8 Å². The van der Waals surface area contributed by atoms with Crippen LogP contribution in [0.5, 0.6) is 0 Å². The number of aliphatic carboxylic acids is 1. The lowest BCUT2D eigenvalue weighted by Gasteiger charge is -2.29. The highest BCUT2D eigenvalue weighted by Gasteiger charge is 2.37. The van der Waals surface area contributed by atoms with Crippen LogP contribution in [0.25, 0.3) is 0 Å². The van der Waals surface area contributed by atoms with Crippen molar-refractivity contribution in [3.8, 4) is 0 Å². The van der Waals surface area contributed by atoms with Gasteiger partial charge in [-0.15, -0.1) is 0 Å². The topological polar surface area (TPSA) is 253 Å². The van der Waals surface area contributed by atoms with E-state index in [2.05, 4.69) is 5.32 Å². The molecule has 0 saturated heterocycles.